The molecule has 114 valence electrons. The second-order valence-corrected chi connectivity index (χ2v) is 5.84. The van der Waals surface area contributed by atoms with E-state index in [0.717, 1.165) is 11.3 Å². The first kappa shape index (κ1) is 14.8. The largest absolute Gasteiger partial charge is 0.497 e. The molecule has 1 heterocycles. The molecule has 0 aliphatic carbocycles. The van der Waals surface area contributed by atoms with Crippen molar-refractivity contribution < 1.29 is 9.53 Å². The summed E-state index contributed by atoms with van der Waals surface area (Å²) in [5, 5.41) is 3.64. The van der Waals surface area contributed by atoms with Crippen LogP contribution in [-0.2, 0) is 4.79 Å². The molecule has 2 aromatic carbocycles. The predicted molar refractivity (Wildman–Crippen MR) is 86.8 cm³/mol. The van der Waals surface area contributed by atoms with Crippen LogP contribution in [0.5, 0.6) is 5.75 Å². The highest BCUT2D eigenvalue weighted by Crippen LogP contribution is 2.35. The van der Waals surface area contributed by atoms with E-state index in [2.05, 4.69) is 17.4 Å². The van der Waals surface area contributed by atoms with Crippen LogP contribution >= 0.6 is 0 Å². The van der Waals surface area contributed by atoms with Crippen LogP contribution in [0.2, 0.25) is 0 Å². The Hall–Kier alpha value is -2.13. The summed E-state index contributed by atoms with van der Waals surface area (Å²) >= 11 is 0. The number of methoxy groups -OCH3 is 1. The molecule has 3 rings (SSSR count). The van der Waals surface area contributed by atoms with Crippen molar-refractivity contribution >= 4 is 5.78 Å². The van der Waals surface area contributed by atoms with Gasteiger partial charge in [-0.2, -0.15) is 0 Å². The maximum Gasteiger partial charge on any atom is 0.139 e. The zero-order valence-corrected chi connectivity index (χ0v) is 13.0. The van der Waals surface area contributed by atoms with Crippen LogP contribution in [0, 0.1) is 5.92 Å². The van der Waals surface area contributed by atoms with Gasteiger partial charge in [-0.05, 0) is 23.3 Å². The van der Waals surface area contributed by atoms with Gasteiger partial charge in [0, 0.05) is 24.4 Å². The molecule has 0 aromatic heterocycles. The minimum atomic E-state index is -0.0200. The summed E-state index contributed by atoms with van der Waals surface area (Å²) in [6.45, 7) is 2.01. The molecule has 1 fully saturated rings. The summed E-state index contributed by atoms with van der Waals surface area (Å²) in [5.41, 5.74) is 2.29. The lowest BCUT2D eigenvalue weighted by molar-refractivity contribution is -0.126. The summed E-state index contributed by atoms with van der Waals surface area (Å²) in [6.07, 6.45) is 0.553. The molecule has 1 N–H and O–H groups in total. The Morgan fingerprint density at radius 3 is 2.32 bits per heavy atom. The van der Waals surface area contributed by atoms with Crippen molar-refractivity contribution in [1.82, 2.24) is 5.32 Å². The number of benzene rings is 2. The highest BCUT2D eigenvalue weighted by Gasteiger charge is 2.34. The normalized spacial score (nSPS) is 25.0. The molecule has 0 saturated carbocycles. The SMILES string of the molecule is COc1ccc([C@H]2N[C@@H](c3ccccc3)CC(=O)[C@@H]2C)cc1. The number of piperidine rings is 1. The van der Waals surface area contributed by atoms with Gasteiger partial charge in [-0.1, -0.05) is 49.4 Å². The Bertz CT molecular complexity index is 636. The number of nitrogens with one attached hydrogen (secondary N) is 1. The van der Waals surface area contributed by atoms with Crippen LogP contribution in [-0.4, -0.2) is 12.9 Å². The Morgan fingerprint density at radius 1 is 1.00 bits per heavy atom. The van der Waals surface area contributed by atoms with E-state index < -0.39 is 0 Å². The molecule has 22 heavy (non-hydrogen) atoms. The van der Waals surface area contributed by atoms with E-state index in [0.29, 0.717) is 12.2 Å². The number of Topliss-reactive ketones (excluding diaryl/α,β-unsaturated/α-hetero) is 1. The van der Waals surface area contributed by atoms with E-state index in [1.807, 2.05) is 49.4 Å². The number of hydrogen-bond acceptors (Lipinski definition) is 3. The third kappa shape index (κ3) is 2.90. The van der Waals surface area contributed by atoms with Crippen molar-refractivity contribution in [3.8, 4) is 5.75 Å². The van der Waals surface area contributed by atoms with Crippen molar-refractivity contribution in [3.05, 3.63) is 65.7 Å². The Labute approximate surface area is 131 Å². The van der Waals surface area contributed by atoms with Crippen molar-refractivity contribution in [1.29, 1.82) is 0 Å². The number of ketones is 1. The van der Waals surface area contributed by atoms with E-state index in [4.69, 9.17) is 4.74 Å². The second-order valence-electron chi connectivity index (χ2n) is 5.84. The van der Waals surface area contributed by atoms with Gasteiger partial charge in [0.25, 0.3) is 0 Å². The quantitative estimate of drug-likeness (QED) is 0.939. The zero-order valence-electron chi connectivity index (χ0n) is 13.0. The number of hydrogen-bond donors (Lipinski definition) is 1. The number of ether oxygens (including phenoxy) is 1. The van der Waals surface area contributed by atoms with Crippen LogP contribution in [0.4, 0.5) is 0 Å². The molecule has 0 unspecified atom stereocenters. The van der Waals surface area contributed by atoms with Gasteiger partial charge < -0.3 is 10.1 Å². The molecule has 3 heteroatoms. The standard InChI is InChI=1S/C19H21NO2/c1-13-18(21)12-17(14-6-4-3-5-7-14)20-19(13)15-8-10-16(22-2)11-9-15/h3-11,13,17,19-20H,12H2,1-2H3/t13-,17+,19-/m0/s1. The first-order valence-corrected chi connectivity index (χ1v) is 7.66. The fourth-order valence-corrected chi connectivity index (χ4v) is 3.09. The monoisotopic (exact) mass is 295 g/mol. The van der Waals surface area contributed by atoms with Gasteiger partial charge in [0.05, 0.1) is 7.11 Å². The molecule has 1 saturated heterocycles. The fourth-order valence-electron chi connectivity index (χ4n) is 3.09. The maximum atomic E-state index is 12.4. The molecule has 0 bridgehead atoms. The molecular formula is C19H21NO2. The van der Waals surface area contributed by atoms with Gasteiger partial charge in [0.2, 0.25) is 0 Å². The number of carbonyl (C=O) groups excluding carboxylic acids is 1. The molecule has 1 aliphatic heterocycles. The number of carbonyl (C=O) groups is 1. The van der Waals surface area contributed by atoms with E-state index >= 15 is 0 Å². The molecule has 3 nitrogen and oxygen atoms in total. The van der Waals surface area contributed by atoms with E-state index in [1.165, 1.54) is 5.56 Å². The highest BCUT2D eigenvalue weighted by atomic mass is 16.5. The number of rotatable bonds is 3. The van der Waals surface area contributed by atoms with Crippen LogP contribution in [0.25, 0.3) is 0 Å². The van der Waals surface area contributed by atoms with Crippen LogP contribution < -0.4 is 10.1 Å². The van der Waals surface area contributed by atoms with Crippen molar-refractivity contribution in [2.75, 3.05) is 7.11 Å². The third-order valence-electron chi connectivity index (χ3n) is 4.47. The fraction of sp³-hybridized carbons (Fsp3) is 0.316. The molecule has 2 aromatic rings. The van der Waals surface area contributed by atoms with Crippen LogP contribution in [0.15, 0.2) is 54.6 Å². The lowest BCUT2D eigenvalue weighted by Gasteiger charge is -2.35. The smallest absolute Gasteiger partial charge is 0.139 e. The predicted octanol–water partition coefficient (Wildman–Crippen LogP) is 3.68. The van der Waals surface area contributed by atoms with Crippen molar-refractivity contribution in [3.63, 3.8) is 0 Å². The highest BCUT2D eigenvalue weighted by molar-refractivity contribution is 5.83. The Balaban J connectivity index is 1.86. The minimum absolute atomic E-state index is 0.0200. The maximum absolute atomic E-state index is 12.4. The second kappa shape index (κ2) is 6.32. The molecule has 0 spiro atoms. The molecule has 0 amide bonds. The molecule has 3 atom stereocenters. The molecule has 1 aliphatic rings. The lowest BCUT2D eigenvalue weighted by atomic mass is 9.82. The van der Waals surface area contributed by atoms with Gasteiger partial charge in [-0.15, -0.1) is 0 Å². The van der Waals surface area contributed by atoms with E-state index in [-0.39, 0.29) is 18.0 Å². The van der Waals surface area contributed by atoms with Gasteiger partial charge in [0.1, 0.15) is 11.5 Å². The summed E-state index contributed by atoms with van der Waals surface area (Å²) in [7, 11) is 1.66. The minimum Gasteiger partial charge on any atom is -0.497 e. The third-order valence-corrected chi connectivity index (χ3v) is 4.47. The van der Waals surface area contributed by atoms with Crippen LogP contribution in [0.3, 0.4) is 0 Å². The zero-order chi connectivity index (χ0) is 15.5. The average molecular weight is 295 g/mol. The Morgan fingerprint density at radius 2 is 1.68 bits per heavy atom. The summed E-state index contributed by atoms with van der Waals surface area (Å²) in [5.74, 6) is 1.12. The van der Waals surface area contributed by atoms with Crippen molar-refractivity contribution in [2.24, 2.45) is 5.92 Å². The van der Waals surface area contributed by atoms with Gasteiger partial charge in [-0.25, -0.2) is 0 Å². The average Bonchev–Trinajstić information content (AvgIpc) is 2.58. The van der Waals surface area contributed by atoms with Gasteiger partial charge >= 0.3 is 0 Å². The molecular weight excluding hydrogens is 274 g/mol. The first-order chi connectivity index (χ1) is 10.7. The van der Waals surface area contributed by atoms with Crippen molar-refractivity contribution in [2.45, 2.75) is 25.4 Å². The Kier molecular flexibility index (Phi) is 4.25. The first-order valence-electron chi connectivity index (χ1n) is 7.66. The van der Waals surface area contributed by atoms with E-state index in [9.17, 15) is 4.79 Å². The summed E-state index contributed by atoms with van der Waals surface area (Å²) in [6, 6.07) is 18.3. The van der Waals surface area contributed by atoms with Gasteiger partial charge in [0.15, 0.2) is 0 Å². The van der Waals surface area contributed by atoms with Gasteiger partial charge in [-0.3, -0.25) is 4.79 Å². The lowest BCUT2D eigenvalue weighted by Crippen LogP contribution is -2.41. The van der Waals surface area contributed by atoms with Crippen LogP contribution in [0.1, 0.15) is 36.6 Å². The summed E-state index contributed by atoms with van der Waals surface area (Å²) < 4.78 is 5.21. The topological polar surface area (TPSA) is 38.3 Å². The van der Waals surface area contributed by atoms with E-state index in [1.54, 1.807) is 7.11 Å². The molecule has 0 radical (unpaired) electrons. The summed E-state index contributed by atoms with van der Waals surface area (Å²) in [4.78, 5) is 12.4.